The molecule has 96 valence electrons. The highest BCUT2D eigenvalue weighted by Crippen LogP contribution is 2.62. The van der Waals surface area contributed by atoms with Crippen LogP contribution in [0.4, 0.5) is 4.79 Å². The van der Waals surface area contributed by atoms with Crippen LogP contribution in [-0.2, 0) is 4.74 Å². The predicted octanol–water partition coefficient (Wildman–Crippen LogP) is 1.51. The molecule has 0 aromatic carbocycles. The molecule has 1 aliphatic heterocycles. The summed E-state index contributed by atoms with van der Waals surface area (Å²) in [6, 6.07) is 0. The summed E-state index contributed by atoms with van der Waals surface area (Å²) >= 11 is 0. The summed E-state index contributed by atoms with van der Waals surface area (Å²) in [4.78, 5) is 11.9. The van der Waals surface area contributed by atoms with Crippen LogP contribution in [-0.4, -0.2) is 30.3 Å². The van der Waals surface area contributed by atoms with Crippen LogP contribution in [0.25, 0.3) is 0 Å². The molecule has 0 spiro atoms. The van der Waals surface area contributed by atoms with Crippen molar-refractivity contribution in [3.63, 3.8) is 0 Å². The molecule has 3 rings (SSSR count). The lowest BCUT2D eigenvalue weighted by molar-refractivity contribution is 0.0476. The molecule has 0 aromatic heterocycles. The molecule has 1 amide bonds. The van der Waals surface area contributed by atoms with Crippen molar-refractivity contribution in [3.8, 4) is 0 Å². The van der Waals surface area contributed by atoms with E-state index >= 15 is 0 Å². The van der Waals surface area contributed by atoms with E-state index in [0.717, 1.165) is 25.4 Å². The Hall–Kier alpha value is -0.770. The van der Waals surface area contributed by atoms with Crippen molar-refractivity contribution < 1.29 is 9.53 Å². The van der Waals surface area contributed by atoms with Gasteiger partial charge < -0.3 is 15.4 Å². The highest BCUT2D eigenvalue weighted by atomic mass is 16.6. The number of rotatable bonds is 1. The average Bonchev–Trinajstić information content (AvgIpc) is 2.55. The van der Waals surface area contributed by atoms with Gasteiger partial charge in [-0.15, -0.1) is 0 Å². The zero-order valence-electron chi connectivity index (χ0n) is 10.9. The number of hydrogen-bond donors (Lipinski definition) is 2. The first kappa shape index (κ1) is 11.3. The van der Waals surface area contributed by atoms with E-state index in [4.69, 9.17) is 4.74 Å². The van der Waals surface area contributed by atoms with Gasteiger partial charge in [0.1, 0.15) is 5.60 Å². The minimum atomic E-state index is -0.406. The number of ether oxygens (including phenoxy) is 1. The molecule has 1 unspecified atom stereocenters. The van der Waals surface area contributed by atoms with Crippen molar-refractivity contribution in [2.75, 3.05) is 13.1 Å². The van der Waals surface area contributed by atoms with E-state index in [9.17, 15) is 4.79 Å². The van der Waals surface area contributed by atoms with Gasteiger partial charge in [0.05, 0.1) is 5.54 Å². The van der Waals surface area contributed by atoms with Crippen molar-refractivity contribution >= 4 is 6.09 Å². The smallest absolute Gasteiger partial charge is 0.408 e. The van der Waals surface area contributed by atoms with Crippen molar-refractivity contribution in [3.05, 3.63) is 0 Å². The molecule has 4 atom stereocenters. The molecular weight excluding hydrogens is 216 g/mol. The molecule has 2 saturated carbocycles. The topological polar surface area (TPSA) is 50.4 Å². The maximum Gasteiger partial charge on any atom is 0.408 e. The molecule has 3 fully saturated rings. The van der Waals surface area contributed by atoms with Gasteiger partial charge in [0.25, 0.3) is 0 Å². The van der Waals surface area contributed by atoms with Crippen LogP contribution in [0.5, 0.6) is 0 Å². The summed E-state index contributed by atoms with van der Waals surface area (Å²) in [5, 5.41) is 6.59. The number of carbonyl (C=O) groups is 1. The number of amides is 1. The minimum Gasteiger partial charge on any atom is -0.444 e. The first-order chi connectivity index (χ1) is 7.91. The van der Waals surface area contributed by atoms with Crippen molar-refractivity contribution in [1.29, 1.82) is 0 Å². The van der Waals surface area contributed by atoms with E-state index < -0.39 is 5.60 Å². The molecule has 2 N–H and O–H groups in total. The predicted molar refractivity (Wildman–Crippen MR) is 64.7 cm³/mol. The third-order valence-electron chi connectivity index (χ3n) is 4.47. The van der Waals surface area contributed by atoms with Crippen LogP contribution < -0.4 is 10.6 Å². The van der Waals surface area contributed by atoms with Crippen LogP contribution in [0.3, 0.4) is 0 Å². The Balaban J connectivity index is 1.64. The Kier molecular flexibility index (Phi) is 2.25. The summed E-state index contributed by atoms with van der Waals surface area (Å²) in [7, 11) is 0. The Morgan fingerprint density at radius 2 is 2.18 bits per heavy atom. The zero-order chi connectivity index (χ0) is 12.3. The second-order valence-corrected chi connectivity index (χ2v) is 6.83. The number of alkyl carbamates (subject to hydrolysis) is 1. The van der Waals surface area contributed by atoms with Crippen molar-refractivity contribution in [2.45, 2.75) is 44.8 Å². The molecule has 0 radical (unpaired) electrons. The Morgan fingerprint density at radius 1 is 1.41 bits per heavy atom. The highest BCUT2D eigenvalue weighted by molar-refractivity contribution is 5.70. The molecule has 0 aromatic rings. The van der Waals surface area contributed by atoms with Gasteiger partial charge >= 0.3 is 6.09 Å². The first-order valence-electron chi connectivity index (χ1n) is 6.62. The maximum absolute atomic E-state index is 11.9. The van der Waals surface area contributed by atoms with Crippen LogP contribution in [0.2, 0.25) is 0 Å². The minimum absolute atomic E-state index is 0.0660. The normalized spacial score (nSPS) is 42.9. The quantitative estimate of drug-likeness (QED) is 0.728. The molecular formula is C13H22N2O2. The van der Waals surface area contributed by atoms with Crippen LogP contribution in [0.15, 0.2) is 0 Å². The van der Waals surface area contributed by atoms with Crippen LogP contribution in [0.1, 0.15) is 33.6 Å². The molecule has 0 bridgehead atoms. The molecule has 1 heterocycles. The fourth-order valence-electron chi connectivity index (χ4n) is 3.78. The van der Waals surface area contributed by atoms with E-state index in [0.29, 0.717) is 11.8 Å². The molecule has 4 heteroatoms. The number of fused-ring (bicyclic) bond motifs is 3. The average molecular weight is 238 g/mol. The Labute approximate surface area is 102 Å². The standard InChI is InChI=1S/C13H22N2O2/c1-12(2,3)17-11(16)15-13-5-9(13)4-8-6-14-7-10(8)13/h8-10,14H,4-7H2,1-3H3,(H,15,16)/t8-,9?,10+,13-/m0/s1. The molecule has 3 aliphatic rings. The van der Waals surface area contributed by atoms with Gasteiger partial charge in [0, 0.05) is 6.54 Å². The third kappa shape index (κ3) is 1.82. The number of nitrogens with one attached hydrogen (secondary N) is 2. The number of carbonyl (C=O) groups excluding carboxylic acids is 1. The van der Waals surface area contributed by atoms with Gasteiger partial charge in [-0.05, 0) is 57.9 Å². The second-order valence-electron chi connectivity index (χ2n) is 6.83. The molecule has 17 heavy (non-hydrogen) atoms. The lowest BCUT2D eigenvalue weighted by atomic mass is 9.91. The molecule has 2 aliphatic carbocycles. The first-order valence-corrected chi connectivity index (χ1v) is 6.62. The van der Waals surface area contributed by atoms with Crippen LogP contribution >= 0.6 is 0 Å². The van der Waals surface area contributed by atoms with Gasteiger partial charge in [-0.1, -0.05) is 0 Å². The number of hydrogen-bond acceptors (Lipinski definition) is 3. The van der Waals surface area contributed by atoms with Crippen molar-refractivity contribution in [2.24, 2.45) is 17.8 Å². The van der Waals surface area contributed by atoms with E-state index in [-0.39, 0.29) is 11.6 Å². The van der Waals surface area contributed by atoms with Gasteiger partial charge in [0.15, 0.2) is 0 Å². The second kappa shape index (κ2) is 3.37. The summed E-state index contributed by atoms with van der Waals surface area (Å²) < 4.78 is 5.37. The lowest BCUT2D eigenvalue weighted by Crippen LogP contribution is -2.46. The highest BCUT2D eigenvalue weighted by Gasteiger charge is 2.68. The van der Waals surface area contributed by atoms with Gasteiger partial charge in [-0.25, -0.2) is 4.79 Å². The summed E-state index contributed by atoms with van der Waals surface area (Å²) in [5.41, 5.74) is -0.340. The third-order valence-corrected chi connectivity index (χ3v) is 4.47. The maximum atomic E-state index is 11.9. The summed E-state index contributed by atoms with van der Waals surface area (Å²) in [6.45, 7) is 7.89. The summed E-state index contributed by atoms with van der Waals surface area (Å²) in [6.07, 6.45) is 2.18. The monoisotopic (exact) mass is 238 g/mol. The zero-order valence-corrected chi connectivity index (χ0v) is 10.9. The SMILES string of the molecule is CC(C)(C)OC(=O)N[C@@]12CC1C[C@H]1CNC[C@H]12. The Bertz CT molecular complexity index is 350. The summed E-state index contributed by atoms with van der Waals surface area (Å²) in [5.74, 6) is 2.09. The van der Waals surface area contributed by atoms with E-state index in [2.05, 4.69) is 10.6 Å². The molecule has 1 saturated heterocycles. The van der Waals surface area contributed by atoms with Crippen LogP contribution in [0, 0.1) is 17.8 Å². The van der Waals surface area contributed by atoms with Gasteiger partial charge in [-0.3, -0.25) is 0 Å². The van der Waals surface area contributed by atoms with Gasteiger partial charge in [-0.2, -0.15) is 0 Å². The van der Waals surface area contributed by atoms with Gasteiger partial charge in [0.2, 0.25) is 0 Å². The van der Waals surface area contributed by atoms with E-state index in [1.165, 1.54) is 6.42 Å². The van der Waals surface area contributed by atoms with E-state index in [1.54, 1.807) is 0 Å². The Morgan fingerprint density at radius 3 is 2.88 bits per heavy atom. The van der Waals surface area contributed by atoms with Crippen molar-refractivity contribution in [1.82, 2.24) is 10.6 Å². The fraction of sp³-hybridized carbons (Fsp3) is 0.923. The molecule has 4 nitrogen and oxygen atoms in total. The lowest BCUT2D eigenvalue weighted by Gasteiger charge is -2.26. The largest absolute Gasteiger partial charge is 0.444 e. The van der Waals surface area contributed by atoms with E-state index in [1.807, 2.05) is 20.8 Å². The fourth-order valence-corrected chi connectivity index (χ4v) is 3.78.